The predicted octanol–water partition coefficient (Wildman–Crippen LogP) is 3.02. The molecule has 2 rings (SSSR count). The van der Waals surface area contributed by atoms with E-state index >= 15 is 0 Å². The van der Waals surface area contributed by atoms with Crippen molar-refractivity contribution in [2.24, 2.45) is 0 Å². The Morgan fingerprint density at radius 3 is 2.80 bits per heavy atom. The Bertz CT molecular complexity index is 490. The first-order chi connectivity index (χ1) is 7.20. The smallest absolute Gasteiger partial charge is 0.273 e. The minimum Gasteiger partial charge on any atom is -0.473 e. The number of thiazole rings is 1. The van der Waals surface area contributed by atoms with Crippen LogP contribution in [0.15, 0.2) is 16.9 Å². The minimum atomic E-state index is 0.382. The van der Waals surface area contributed by atoms with Gasteiger partial charge in [-0.1, -0.05) is 22.9 Å². The summed E-state index contributed by atoms with van der Waals surface area (Å²) in [6.45, 7) is 0. The largest absolute Gasteiger partial charge is 0.473 e. The summed E-state index contributed by atoms with van der Waals surface area (Å²) in [6.07, 6.45) is 3.26. The molecule has 2 aromatic heterocycles. The zero-order chi connectivity index (χ0) is 10.8. The molecule has 0 N–H and O–H groups in total. The van der Waals surface area contributed by atoms with Crippen molar-refractivity contribution >= 4 is 38.9 Å². The van der Waals surface area contributed by atoms with E-state index < -0.39 is 0 Å². The molecule has 0 unspecified atom stereocenters. The molecule has 0 atom stereocenters. The first kappa shape index (κ1) is 10.8. The third-order valence-corrected chi connectivity index (χ3v) is 3.63. The molecule has 0 saturated carbocycles. The molecule has 0 radical (unpaired) electrons. The maximum atomic E-state index is 5.86. The van der Waals surface area contributed by atoms with Crippen molar-refractivity contribution in [1.29, 1.82) is 0 Å². The van der Waals surface area contributed by atoms with E-state index in [0.717, 1.165) is 4.88 Å². The Morgan fingerprint density at radius 1 is 1.40 bits per heavy atom. The van der Waals surface area contributed by atoms with E-state index in [9.17, 15) is 0 Å². The van der Waals surface area contributed by atoms with Crippen molar-refractivity contribution in [3.05, 3.63) is 22.0 Å². The monoisotopic (exact) mass is 305 g/mol. The van der Waals surface area contributed by atoms with E-state index in [1.54, 1.807) is 19.5 Å². The van der Waals surface area contributed by atoms with Crippen LogP contribution in [-0.4, -0.2) is 22.1 Å². The third kappa shape index (κ3) is 2.27. The second-order valence-electron chi connectivity index (χ2n) is 2.53. The van der Waals surface area contributed by atoms with Crippen LogP contribution < -0.4 is 4.74 Å². The van der Waals surface area contributed by atoms with E-state index in [2.05, 4.69) is 30.9 Å². The molecule has 0 amide bonds. The molecule has 4 nitrogen and oxygen atoms in total. The van der Waals surface area contributed by atoms with Gasteiger partial charge in [-0.3, -0.25) is 0 Å². The van der Waals surface area contributed by atoms with Gasteiger partial charge in [0.15, 0.2) is 5.82 Å². The fourth-order valence-electron chi connectivity index (χ4n) is 0.921. The summed E-state index contributed by atoms with van der Waals surface area (Å²) < 4.78 is 5.65. The van der Waals surface area contributed by atoms with Gasteiger partial charge in [0, 0.05) is 6.20 Å². The Kier molecular flexibility index (Phi) is 3.18. The number of methoxy groups -OCH3 is 1. The lowest BCUT2D eigenvalue weighted by atomic mass is 10.5. The molecular weight excluding hydrogens is 302 g/mol. The van der Waals surface area contributed by atoms with E-state index in [1.807, 2.05) is 0 Å². The molecule has 78 valence electrons. The van der Waals surface area contributed by atoms with Gasteiger partial charge in [-0.05, 0) is 15.9 Å². The predicted molar refractivity (Wildman–Crippen MR) is 62.4 cm³/mol. The van der Waals surface area contributed by atoms with Gasteiger partial charge in [-0.15, -0.1) is 0 Å². The average molecular weight is 307 g/mol. The average Bonchev–Trinajstić information content (AvgIpc) is 2.70. The van der Waals surface area contributed by atoms with E-state index in [0.29, 0.717) is 20.6 Å². The van der Waals surface area contributed by atoms with Crippen LogP contribution in [0.4, 0.5) is 0 Å². The number of halogens is 2. The highest BCUT2D eigenvalue weighted by Crippen LogP contribution is 2.29. The van der Waals surface area contributed by atoms with Crippen LogP contribution in [0.1, 0.15) is 0 Å². The summed E-state index contributed by atoms with van der Waals surface area (Å²) in [6, 6.07) is 0. The first-order valence-corrected chi connectivity index (χ1v) is 5.87. The van der Waals surface area contributed by atoms with Gasteiger partial charge in [-0.25, -0.2) is 15.0 Å². The molecule has 0 aliphatic heterocycles. The second-order valence-corrected chi connectivity index (χ2v) is 4.73. The van der Waals surface area contributed by atoms with Gasteiger partial charge < -0.3 is 4.74 Å². The topological polar surface area (TPSA) is 47.9 Å². The molecule has 7 heteroatoms. The fraction of sp³-hybridized carbons (Fsp3) is 0.125. The minimum absolute atomic E-state index is 0.382. The number of hydrogen-bond acceptors (Lipinski definition) is 5. The van der Waals surface area contributed by atoms with Crippen molar-refractivity contribution in [2.45, 2.75) is 0 Å². The quantitative estimate of drug-likeness (QED) is 0.800. The van der Waals surface area contributed by atoms with Gasteiger partial charge in [0.05, 0.1) is 22.7 Å². The summed E-state index contributed by atoms with van der Waals surface area (Å²) in [5.74, 6) is 0.545. The van der Waals surface area contributed by atoms with Gasteiger partial charge >= 0.3 is 0 Å². The van der Waals surface area contributed by atoms with Gasteiger partial charge in [0.1, 0.15) is 5.15 Å². The van der Waals surface area contributed by atoms with Crippen molar-refractivity contribution in [2.75, 3.05) is 7.11 Å². The Balaban J connectivity index is 2.40. The van der Waals surface area contributed by atoms with Crippen LogP contribution in [0.2, 0.25) is 5.15 Å². The van der Waals surface area contributed by atoms with E-state index in [1.165, 1.54) is 11.3 Å². The lowest BCUT2D eigenvalue weighted by Crippen LogP contribution is -1.87. The molecule has 0 aliphatic carbocycles. The van der Waals surface area contributed by atoms with Crippen LogP contribution in [0.3, 0.4) is 0 Å². The Morgan fingerprint density at radius 2 is 2.20 bits per heavy atom. The molecular formula is C8H5BrClN3OS. The lowest BCUT2D eigenvalue weighted by Gasteiger charge is -1.97. The molecule has 0 spiro atoms. The SMILES string of the molecule is COc1ncc(-c2ncc(Br)c(Cl)n2)s1. The highest BCUT2D eigenvalue weighted by molar-refractivity contribution is 9.10. The summed E-state index contributed by atoms with van der Waals surface area (Å²) in [5, 5.41) is 0.958. The van der Waals surface area contributed by atoms with E-state index in [-0.39, 0.29) is 0 Å². The van der Waals surface area contributed by atoms with Crippen LogP contribution in [-0.2, 0) is 0 Å². The van der Waals surface area contributed by atoms with Crippen molar-refractivity contribution in [1.82, 2.24) is 15.0 Å². The molecule has 0 aliphatic rings. The summed E-state index contributed by atoms with van der Waals surface area (Å²) in [7, 11) is 1.57. The molecule has 2 aromatic rings. The second kappa shape index (κ2) is 4.42. The zero-order valence-electron chi connectivity index (χ0n) is 7.57. The number of hydrogen-bond donors (Lipinski definition) is 0. The third-order valence-electron chi connectivity index (χ3n) is 1.58. The highest BCUT2D eigenvalue weighted by Gasteiger charge is 2.09. The number of ether oxygens (including phenoxy) is 1. The molecule has 0 saturated heterocycles. The highest BCUT2D eigenvalue weighted by atomic mass is 79.9. The molecule has 15 heavy (non-hydrogen) atoms. The Hall–Kier alpha value is -0.720. The maximum absolute atomic E-state index is 5.86. The summed E-state index contributed by atoms with van der Waals surface area (Å²) in [4.78, 5) is 13.1. The Labute approximate surface area is 103 Å². The van der Waals surface area contributed by atoms with Crippen molar-refractivity contribution < 1.29 is 4.74 Å². The number of nitrogens with zero attached hydrogens (tertiary/aromatic N) is 3. The summed E-state index contributed by atoms with van der Waals surface area (Å²) in [5.41, 5.74) is 0. The van der Waals surface area contributed by atoms with Crippen molar-refractivity contribution in [3.63, 3.8) is 0 Å². The van der Waals surface area contributed by atoms with Crippen LogP contribution in [0.5, 0.6) is 5.19 Å². The maximum Gasteiger partial charge on any atom is 0.273 e. The van der Waals surface area contributed by atoms with E-state index in [4.69, 9.17) is 16.3 Å². The van der Waals surface area contributed by atoms with Gasteiger partial charge in [-0.2, -0.15) is 0 Å². The molecule has 0 aromatic carbocycles. The van der Waals surface area contributed by atoms with Crippen LogP contribution in [0, 0.1) is 0 Å². The normalized spacial score (nSPS) is 10.3. The fourth-order valence-corrected chi connectivity index (χ4v) is 1.91. The molecule has 0 bridgehead atoms. The van der Waals surface area contributed by atoms with Crippen LogP contribution in [0.25, 0.3) is 10.7 Å². The summed E-state index contributed by atoms with van der Waals surface area (Å²) >= 11 is 10.5. The zero-order valence-corrected chi connectivity index (χ0v) is 10.7. The molecule has 0 fully saturated rings. The van der Waals surface area contributed by atoms with Gasteiger partial charge in [0.25, 0.3) is 5.19 Å². The number of aromatic nitrogens is 3. The standard InChI is InChI=1S/C8H5BrClN3OS/c1-14-8-12-3-5(15-8)7-11-2-4(9)6(10)13-7/h2-3H,1H3. The molecule has 2 heterocycles. The lowest BCUT2D eigenvalue weighted by molar-refractivity contribution is 0.412. The van der Waals surface area contributed by atoms with Crippen LogP contribution >= 0.6 is 38.9 Å². The number of rotatable bonds is 2. The van der Waals surface area contributed by atoms with Gasteiger partial charge in [0.2, 0.25) is 0 Å². The van der Waals surface area contributed by atoms with Crippen molar-refractivity contribution in [3.8, 4) is 15.9 Å². The first-order valence-electron chi connectivity index (χ1n) is 3.89.